The van der Waals surface area contributed by atoms with Crippen molar-refractivity contribution in [3.05, 3.63) is 0 Å². The fraction of sp³-hybridized carbons (Fsp3) is 0.900. The standard InChI is InChI=1S/C10H20N2O/c1-3-4-5-10-8-12(9(2)13)7-6-11-10/h10-11H,3-8H2,1-2H3/t10-/m1/s1. The second kappa shape index (κ2) is 5.22. The van der Waals surface area contributed by atoms with Crippen molar-refractivity contribution in [3.63, 3.8) is 0 Å². The zero-order valence-corrected chi connectivity index (χ0v) is 8.68. The third-order valence-electron chi connectivity index (χ3n) is 2.61. The van der Waals surface area contributed by atoms with Gasteiger partial charge in [0.05, 0.1) is 0 Å². The van der Waals surface area contributed by atoms with Crippen LogP contribution in [0.2, 0.25) is 0 Å². The molecule has 76 valence electrons. The van der Waals surface area contributed by atoms with E-state index in [0.717, 1.165) is 19.6 Å². The summed E-state index contributed by atoms with van der Waals surface area (Å²) in [5.41, 5.74) is 0. The maximum atomic E-state index is 11.1. The molecule has 1 heterocycles. The van der Waals surface area contributed by atoms with E-state index in [2.05, 4.69) is 12.2 Å². The van der Waals surface area contributed by atoms with Crippen molar-refractivity contribution >= 4 is 5.91 Å². The number of nitrogens with one attached hydrogen (secondary N) is 1. The number of unbranched alkanes of at least 4 members (excludes halogenated alkanes) is 1. The van der Waals surface area contributed by atoms with Crippen LogP contribution < -0.4 is 5.32 Å². The van der Waals surface area contributed by atoms with E-state index in [1.807, 2.05) is 4.90 Å². The topological polar surface area (TPSA) is 32.3 Å². The van der Waals surface area contributed by atoms with Gasteiger partial charge >= 0.3 is 0 Å². The van der Waals surface area contributed by atoms with E-state index in [9.17, 15) is 4.79 Å². The van der Waals surface area contributed by atoms with Gasteiger partial charge in [-0.3, -0.25) is 4.79 Å². The third kappa shape index (κ3) is 3.35. The molecule has 1 saturated heterocycles. The van der Waals surface area contributed by atoms with E-state index in [1.165, 1.54) is 19.3 Å². The highest BCUT2D eigenvalue weighted by molar-refractivity contribution is 5.73. The van der Waals surface area contributed by atoms with Gasteiger partial charge in [-0.1, -0.05) is 19.8 Å². The largest absolute Gasteiger partial charge is 0.340 e. The van der Waals surface area contributed by atoms with Gasteiger partial charge in [-0.2, -0.15) is 0 Å². The molecule has 13 heavy (non-hydrogen) atoms. The summed E-state index contributed by atoms with van der Waals surface area (Å²) < 4.78 is 0. The number of carbonyl (C=O) groups excluding carboxylic acids is 1. The second-order valence-electron chi connectivity index (χ2n) is 3.76. The first kappa shape index (κ1) is 10.5. The minimum Gasteiger partial charge on any atom is -0.340 e. The average molecular weight is 184 g/mol. The van der Waals surface area contributed by atoms with Gasteiger partial charge < -0.3 is 10.2 Å². The lowest BCUT2D eigenvalue weighted by atomic mass is 10.1. The molecule has 0 radical (unpaired) electrons. The van der Waals surface area contributed by atoms with Gasteiger partial charge in [0, 0.05) is 32.6 Å². The lowest BCUT2D eigenvalue weighted by Crippen LogP contribution is -2.51. The summed E-state index contributed by atoms with van der Waals surface area (Å²) in [5, 5.41) is 3.44. The predicted molar refractivity (Wildman–Crippen MR) is 53.6 cm³/mol. The van der Waals surface area contributed by atoms with Crippen LogP contribution in [0.25, 0.3) is 0 Å². The molecule has 1 aliphatic rings. The van der Waals surface area contributed by atoms with E-state index in [0.29, 0.717) is 6.04 Å². The van der Waals surface area contributed by atoms with Gasteiger partial charge in [-0.25, -0.2) is 0 Å². The van der Waals surface area contributed by atoms with E-state index >= 15 is 0 Å². The van der Waals surface area contributed by atoms with Crippen LogP contribution in [0.15, 0.2) is 0 Å². The highest BCUT2D eigenvalue weighted by Gasteiger charge is 2.19. The fourth-order valence-corrected chi connectivity index (χ4v) is 1.76. The number of hydrogen-bond donors (Lipinski definition) is 1. The van der Waals surface area contributed by atoms with Crippen molar-refractivity contribution < 1.29 is 4.79 Å². The molecule has 0 aromatic carbocycles. The Morgan fingerprint density at radius 3 is 3.00 bits per heavy atom. The second-order valence-corrected chi connectivity index (χ2v) is 3.76. The third-order valence-corrected chi connectivity index (χ3v) is 2.61. The summed E-state index contributed by atoms with van der Waals surface area (Å²) in [4.78, 5) is 13.1. The van der Waals surface area contributed by atoms with Gasteiger partial charge in [0.15, 0.2) is 0 Å². The van der Waals surface area contributed by atoms with Crippen molar-refractivity contribution in [2.75, 3.05) is 19.6 Å². The monoisotopic (exact) mass is 184 g/mol. The summed E-state index contributed by atoms with van der Waals surface area (Å²) in [6, 6.07) is 0.526. The molecule has 1 fully saturated rings. The Morgan fingerprint density at radius 2 is 2.38 bits per heavy atom. The molecule has 0 aliphatic carbocycles. The molecular formula is C10H20N2O. The Hall–Kier alpha value is -0.570. The van der Waals surface area contributed by atoms with Gasteiger partial charge in [-0.05, 0) is 6.42 Å². The number of nitrogens with zero attached hydrogens (tertiary/aromatic N) is 1. The van der Waals surface area contributed by atoms with Gasteiger partial charge in [0.1, 0.15) is 0 Å². The molecule has 0 unspecified atom stereocenters. The normalized spacial score (nSPS) is 23.2. The van der Waals surface area contributed by atoms with Crippen molar-refractivity contribution in [3.8, 4) is 0 Å². The van der Waals surface area contributed by atoms with Gasteiger partial charge in [0.2, 0.25) is 5.91 Å². The Bertz CT molecular complexity index is 170. The van der Waals surface area contributed by atoms with Crippen LogP contribution in [0.4, 0.5) is 0 Å². The maximum absolute atomic E-state index is 11.1. The number of hydrogen-bond acceptors (Lipinski definition) is 2. The fourth-order valence-electron chi connectivity index (χ4n) is 1.76. The van der Waals surface area contributed by atoms with Gasteiger partial charge in [0.25, 0.3) is 0 Å². The van der Waals surface area contributed by atoms with Crippen LogP contribution in [-0.4, -0.2) is 36.5 Å². The van der Waals surface area contributed by atoms with Crippen LogP contribution in [0.3, 0.4) is 0 Å². The Labute approximate surface area is 80.5 Å². The molecule has 3 nitrogen and oxygen atoms in total. The molecule has 0 aromatic rings. The van der Waals surface area contributed by atoms with Crippen molar-refractivity contribution in [2.45, 2.75) is 39.2 Å². The SMILES string of the molecule is CCCC[C@@H]1CN(C(C)=O)CCN1. The van der Waals surface area contributed by atoms with Crippen molar-refractivity contribution in [2.24, 2.45) is 0 Å². The average Bonchev–Trinajstić information content (AvgIpc) is 2.15. The molecule has 0 spiro atoms. The lowest BCUT2D eigenvalue weighted by molar-refractivity contribution is -0.130. The molecule has 1 rings (SSSR count). The Balaban J connectivity index is 2.29. The summed E-state index contributed by atoms with van der Waals surface area (Å²) in [5.74, 6) is 0.211. The minimum absolute atomic E-state index is 0.211. The van der Waals surface area contributed by atoms with E-state index in [-0.39, 0.29) is 5.91 Å². The predicted octanol–water partition coefficient (Wildman–Crippen LogP) is 0.997. The summed E-state index contributed by atoms with van der Waals surface area (Å²) >= 11 is 0. The number of amides is 1. The number of carbonyl (C=O) groups is 1. The maximum Gasteiger partial charge on any atom is 0.219 e. The zero-order chi connectivity index (χ0) is 9.68. The first-order chi connectivity index (χ1) is 6.24. The lowest BCUT2D eigenvalue weighted by Gasteiger charge is -2.33. The molecule has 0 aromatic heterocycles. The molecule has 1 aliphatic heterocycles. The Kier molecular flexibility index (Phi) is 4.22. The van der Waals surface area contributed by atoms with E-state index < -0.39 is 0 Å². The molecule has 3 heteroatoms. The molecule has 0 saturated carbocycles. The molecule has 1 N–H and O–H groups in total. The smallest absolute Gasteiger partial charge is 0.219 e. The Morgan fingerprint density at radius 1 is 1.62 bits per heavy atom. The summed E-state index contributed by atoms with van der Waals surface area (Å²) in [6.07, 6.45) is 3.68. The van der Waals surface area contributed by atoms with Crippen LogP contribution in [-0.2, 0) is 4.79 Å². The first-order valence-corrected chi connectivity index (χ1v) is 5.23. The highest BCUT2D eigenvalue weighted by Crippen LogP contribution is 2.06. The quantitative estimate of drug-likeness (QED) is 0.709. The van der Waals surface area contributed by atoms with Gasteiger partial charge in [-0.15, -0.1) is 0 Å². The van der Waals surface area contributed by atoms with E-state index in [1.54, 1.807) is 6.92 Å². The van der Waals surface area contributed by atoms with E-state index in [4.69, 9.17) is 0 Å². The van der Waals surface area contributed by atoms with Crippen LogP contribution >= 0.6 is 0 Å². The summed E-state index contributed by atoms with van der Waals surface area (Å²) in [6.45, 7) is 6.58. The highest BCUT2D eigenvalue weighted by atomic mass is 16.2. The number of piperazine rings is 1. The van der Waals surface area contributed by atoms with Crippen LogP contribution in [0, 0.1) is 0 Å². The first-order valence-electron chi connectivity index (χ1n) is 5.23. The molecule has 0 bridgehead atoms. The zero-order valence-electron chi connectivity index (χ0n) is 8.68. The van der Waals surface area contributed by atoms with Crippen molar-refractivity contribution in [1.29, 1.82) is 0 Å². The number of rotatable bonds is 3. The summed E-state index contributed by atoms with van der Waals surface area (Å²) in [7, 11) is 0. The van der Waals surface area contributed by atoms with Crippen LogP contribution in [0.1, 0.15) is 33.1 Å². The minimum atomic E-state index is 0.211. The van der Waals surface area contributed by atoms with Crippen LogP contribution in [0.5, 0.6) is 0 Å². The molecular weight excluding hydrogens is 164 g/mol. The van der Waals surface area contributed by atoms with Crippen molar-refractivity contribution in [1.82, 2.24) is 10.2 Å². The molecule has 1 amide bonds. The molecule has 1 atom stereocenters.